The van der Waals surface area contributed by atoms with Crippen molar-refractivity contribution in [2.24, 2.45) is 0 Å². The first-order chi connectivity index (χ1) is 19.4. The van der Waals surface area contributed by atoms with Crippen molar-refractivity contribution in [3.63, 3.8) is 0 Å². The molecule has 0 radical (unpaired) electrons. The monoisotopic (exact) mass is 548 g/mol. The van der Waals surface area contributed by atoms with Crippen molar-refractivity contribution in [2.75, 3.05) is 22.5 Å². The van der Waals surface area contributed by atoms with Crippen LogP contribution in [0.15, 0.2) is 85.1 Å². The third kappa shape index (κ3) is 4.65. The van der Waals surface area contributed by atoms with E-state index in [1.807, 2.05) is 65.3 Å². The van der Waals surface area contributed by atoms with Crippen molar-refractivity contribution >= 4 is 40.2 Å². The number of benzene rings is 2. The highest BCUT2D eigenvalue weighted by Gasteiger charge is 2.28. The van der Waals surface area contributed by atoms with Crippen LogP contribution >= 0.6 is 11.3 Å². The first-order valence-electron chi connectivity index (χ1n) is 13.1. The number of fused-ring (bicyclic) bond motifs is 3. The zero-order valence-electron chi connectivity index (χ0n) is 22.2. The van der Waals surface area contributed by atoms with Crippen molar-refractivity contribution in [3.05, 3.63) is 101 Å². The zero-order valence-corrected chi connectivity index (χ0v) is 23.0. The smallest absolute Gasteiger partial charge is 0.276 e. The average molecular weight is 549 g/mol. The fourth-order valence-electron chi connectivity index (χ4n) is 4.98. The number of carbonyl (C=O) groups is 2. The number of amides is 2. The third-order valence-electron chi connectivity index (χ3n) is 6.92. The van der Waals surface area contributed by atoms with Crippen LogP contribution in [0.1, 0.15) is 45.6 Å². The summed E-state index contributed by atoms with van der Waals surface area (Å²) in [5.41, 5.74) is 11.8. The van der Waals surface area contributed by atoms with E-state index in [-0.39, 0.29) is 17.9 Å². The molecule has 0 saturated heterocycles. The van der Waals surface area contributed by atoms with Crippen LogP contribution in [0.5, 0.6) is 0 Å². The molecule has 0 unspecified atom stereocenters. The van der Waals surface area contributed by atoms with Gasteiger partial charge in [-0.1, -0.05) is 36.4 Å². The summed E-state index contributed by atoms with van der Waals surface area (Å²) in [5, 5.41) is 7.33. The Kier molecular flexibility index (Phi) is 6.65. The minimum absolute atomic E-state index is 0.166. The molecule has 0 fully saturated rings. The van der Waals surface area contributed by atoms with Gasteiger partial charge in [0.15, 0.2) is 0 Å². The molecule has 9 heteroatoms. The third-order valence-corrected chi connectivity index (χ3v) is 8.13. The van der Waals surface area contributed by atoms with E-state index in [1.54, 1.807) is 29.3 Å². The van der Waals surface area contributed by atoms with Crippen LogP contribution in [0.25, 0.3) is 21.8 Å². The van der Waals surface area contributed by atoms with Gasteiger partial charge in [0.1, 0.15) is 5.69 Å². The Morgan fingerprint density at radius 2 is 1.80 bits per heavy atom. The Morgan fingerprint density at radius 3 is 2.62 bits per heavy atom. The molecule has 5 aromatic rings. The molecule has 1 aliphatic heterocycles. The first kappa shape index (κ1) is 25.5. The molecule has 2 aromatic carbocycles. The maximum atomic E-state index is 13.9. The van der Waals surface area contributed by atoms with Gasteiger partial charge >= 0.3 is 0 Å². The molecule has 200 valence electrons. The number of para-hydroxylation sites is 3. The highest BCUT2D eigenvalue weighted by atomic mass is 32.1. The van der Waals surface area contributed by atoms with Gasteiger partial charge in [0.2, 0.25) is 0 Å². The fourth-order valence-corrected chi connectivity index (χ4v) is 6.12. The average Bonchev–Trinajstić information content (AvgIpc) is 3.60. The lowest BCUT2D eigenvalue weighted by atomic mass is 10.1. The van der Waals surface area contributed by atoms with Gasteiger partial charge in [0.05, 0.1) is 33.3 Å². The SMILES string of the molecule is CC(C)n1nccc1-c1cccc(C(=O)N2CCc3cc(C(=O)Nc4ccccc4N)sc3-c3ccccc32)n1. The second kappa shape index (κ2) is 10.4. The number of nitrogens with one attached hydrogen (secondary N) is 1. The standard InChI is InChI=1S/C31H28N6O2S/c1-19(2)37-27(14-16-33-37)24-11-7-12-25(34-24)31(39)36-17-15-20-18-28(30(38)35-23-10-5-4-9-22(23)32)40-29(20)21-8-3-6-13-26(21)36/h3-14,16,18-19H,15,17,32H2,1-2H3,(H,35,38). The van der Waals surface area contributed by atoms with E-state index >= 15 is 0 Å². The molecule has 6 rings (SSSR count). The lowest BCUT2D eigenvalue weighted by Crippen LogP contribution is -2.33. The van der Waals surface area contributed by atoms with Gasteiger partial charge in [-0.15, -0.1) is 11.3 Å². The van der Waals surface area contributed by atoms with Gasteiger partial charge in [-0.2, -0.15) is 5.10 Å². The summed E-state index contributed by atoms with van der Waals surface area (Å²) in [5.74, 6) is -0.374. The molecule has 3 N–H and O–H groups in total. The van der Waals surface area contributed by atoms with Crippen LogP contribution in [0.3, 0.4) is 0 Å². The number of nitrogens with zero attached hydrogens (tertiary/aromatic N) is 4. The summed E-state index contributed by atoms with van der Waals surface area (Å²) >= 11 is 1.42. The Morgan fingerprint density at radius 1 is 1.00 bits per heavy atom. The van der Waals surface area contributed by atoms with Crippen LogP contribution in [-0.4, -0.2) is 33.1 Å². The normalized spacial score (nSPS) is 12.5. The van der Waals surface area contributed by atoms with Crippen molar-refractivity contribution in [3.8, 4) is 21.8 Å². The topological polar surface area (TPSA) is 106 Å². The van der Waals surface area contributed by atoms with E-state index in [0.717, 1.165) is 27.4 Å². The van der Waals surface area contributed by atoms with Crippen LogP contribution in [-0.2, 0) is 6.42 Å². The molecule has 0 spiro atoms. The van der Waals surface area contributed by atoms with E-state index in [0.29, 0.717) is 40.6 Å². The van der Waals surface area contributed by atoms with Gasteiger partial charge in [-0.3, -0.25) is 14.3 Å². The number of pyridine rings is 1. The molecule has 40 heavy (non-hydrogen) atoms. The lowest BCUT2D eigenvalue weighted by Gasteiger charge is -2.23. The summed E-state index contributed by atoms with van der Waals surface area (Å²) in [6.07, 6.45) is 2.35. The maximum Gasteiger partial charge on any atom is 0.276 e. The molecule has 0 bridgehead atoms. The molecule has 0 atom stereocenters. The predicted octanol–water partition coefficient (Wildman–Crippen LogP) is 6.29. The fraction of sp³-hybridized carbons (Fsp3) is 0.161. The van der Waals surface area contributed by atoms with E-state index in [2.05, 4.69) is 24.3 Å². The summed E-state index contributed by atoms with van der Waals surface area (Å²) in [6, 6.07) is 24.5. The van der Waals surface area contributed by atoms with Crippen LogP contribution in [0.2, 0.25) is 0 Å². The van der Waals surface area contributed by atoms with Gasteiger partial charge in [0, 0.05) is 29.2 Å². The molecular weight excluding hydrogens is 520 g/mol. The molecule has 2 amide bonds. The van der Waals surface area contributed by atoms with E-state index in [1.165, 1.54) is 11.3 Å². The predicted molar refractivity (Wildman–Crippen MR) is 160 cm³/mol. The Hall–Kier alpha value is -4.76. The van der Waals surface area contributed by atoms with E-state index in [4.69, 9.17) is 10.7 Å². The molecule has 3 aromatic heterocycles. The van der Waals surface area contributed by atoms with Crippen LogP contribution in [0.4, 0.5) is 17.1 Å². The Bertz CT molecular complexity index is 1740. The number of carbonyl (C=O) groups excluding carboxylic acids is 2. The molecule has 4 heterocycles. The first-order valence-corrected chi connectivity index (χ1v) is 13.9. The number of hydrogen-bond donors (Lipinski definition) is 2. The van der Waals surface area contributed by atoms with E-state index < -0.39 is 0 Å². The minimum Gasteiger partial charge on any atom is -0.397 e. The van der Waals surface area contributed by atoms with Crippen molar-refractivity contribution in [1.29, 1.82) is 0 Å². The number of hydrogen-bond acceptors (Lipinski definition) is 6. The molecule has 8 nitrogen and oxygen atoms in total. The number of rotatable bonds is 5. The number of thiophene rings is 1. The number of anilines is 3. The summed E-state index contributed by atoms with van der Waals surface area (Å²) in [6.45, 7) is 4.58. The number of nitrogen functional groups attached to an aromatic ring is 1. The van der Waals surface area contributed by atoms with Gasteiger partial charge < -0.3 is 16.0 Å². The molecular formula is C31H28N6O2S. The highest BCUT2D eigenvalue weighted by molar-refractivity contribution is 7.17. The lowest BCUT2D eigenvalue weighted by molar-refractivity contribution is 0.0981. The van der Waals surface area contributed by atoms with Crippen molar-refractivity contribution in [2.45, 2.75) is 26.3 Å². The quantitative estimate of drug-likeness (QED) is 0.251. The molecule has 1 aliphatic rings. The van der Waals surface area contributed by atoms with Crippen LogP contribution < -0.4 is 16.0 Å². The summed E-state index contributed by atoms with van der Waals surface area (Å²) in [4.78, 5) is 35.1. The van der Waals surface area contributed by atoms with Crippen molar-refractivity contribution < 1.29 is 9.59 Å². The number of aromatic nitrogens is 3. The van der Waals surface area contributed by atoms with Crippen LogP contribution in [0, 0.1) is 0 Å². The number of nitrogens with two attached hydrogens (primary N) is 1. The highest BCUT2D eigenvalue weighted by Crippen LogP contribution is 2.42. The van der Waals surface area contributed by atoms with Gasteiger partial charge in [-0.05, 0) is 68.3 Å². The minimum atomic E-state index is -0.206. The second-order valence-corrected chi connectivity index (χ2v) is 10.9. The Balaban J connectivity index is 1.32. The maximum absolute atomic E-state index is 13.9. The van der Waals surface area contributed by atoms with Gasteiger partial charge in [0.25, 0.3) is 11.8 Å². The largest absolute Gasteiger partial charge is 0.397 e. The Labute approximate surface area is 236 Å². The second-order valence-electron chi connectivity index (χ2n) is 9.89. The molecule has 0 aliphatic carbocycles. The molecule has 0 saturated carbocycles. The van der Waals surface area contributed by atoms with Crippen molar-refractivity contribution in [1.82, 2.24) is 14.8 Å². The summed E-state index contributed by atoms with van der Waals surface area (Å²) in [7, 11) is 0. The van der Waals surface area contributed by atoms with E-state index in [9.17, 15) is 9.59 Å². The summed E-state index contributed by atoms with van der Waals surface area (Å²) < 4.78 is 1.90. The zero-order chi connectivity index (χ0) is 27.8. The van der Waals surface area contributed by atoms with Gasteiger partial charge in [-0.25, -0.2) is 4.98 Å².